The van der Waals surface area contributed by atoms with Gasteiger partial charge in [0.1, 0.15) is 5.76 Å². The van der Waals surface area contributed by atoms with E-state index in [1.807, 2.05) is 30.3 Å². The third-order valence-electron chi connectivity index (χ3n) is 2.77. The molecule has 0 saturated heterocycles. The molecule has 0 aliphatic rings. The highest BCUT2D eigenvalue weighted by atomic mass is 35.5. The Balaban J connectivity index is 0.00000200. The SMILES string of the molecule is Cc1cc(CC(=O)NCC(N)c2ccccc2)no1.Cl. The Morgan fingerprint density at radius 1 is 1.40 bits per heavy atom. The van der Waals surface area contributed by atoms with Gasteiger partial charge in [-0.1, -0.05) is 35.5 Å². The fourth-order valence-corrected chi connectivity index (χ4v) is 1.77. The van der Waals surface area contributed by atoms with Gasteiger partial charge in [0, 0.05) is 18.7 Å². The maximum atomic E-state index is 11.7. The number of amides is 1. The highest BCUT2D eigenvalue weighted by Gasteiger charge is 2.10. The van der Waals surface area contributed by atoms with Crippen molar-refractivity contribution in [3.63, 3.8) is 0 Å². The first-order valence-electron chi connectivity index (χ1n) is 6.14. The number of rotatable bonds is 5. The first-order chi connectivity index (χ1) is 9.15. The molecule has 2 aromatic rings. The molecule has 0 bridgehead atoms. The molecular weight excluding hydrogens is 278 g/mol. The largest absolute Gasteiger partial charge is 0.361 e. The molecule has 5 nitrogen and oxygen atoms in total. The number of nitrogens with zero attached hydrogens (tertiary/aromatic N) is 1. The maximum absolute atomic E-state index is 11.7. The zero-order valence-corrected chi connectivity index (χ0v) is 12.0. The van der Waals surface area contributed by atoms with Gasteiger partial charge in [0.05, 0.1) is 12.1 Å². The molecule has 3 N–H and O–H groups in total. The van der Waals surface area contributed by atoms with Crippen molar-refractivity contribution in [2.45, 2.75) is 19.4 Å². The molecule has 0 fully saturated rings. The summed E-state index contributed by atoms with van der Waals surface area (Å²) in [7, 11) is 0. The highest BCUT2D eigenvalue weighted by Crippen LogP contribution is 2.08. The van der Waals surface area contributed by atoms with Crippen LogP contribution in [-0.2, 0) is 11.2 Å². The average molecular weight is 296 g/mol. The Labute approximate surface area is 123 Å². The smallest absolute Gasteiger partial charge is 0.226 e. The first-order valence-corrected chi connectivity index (χ1v) is 6.14. The molecule has 1 atom stereocenters. The minimum atomic E-state index is -0.204. The molecular formula is C14H18ClN3O2. The number of nitrogens with one attached hydrogen (secondary N) is 1. The lowest BCUT2D eigenvalue weighted by atomic mass is 10.1. The molecule has 0 aliphatic heterocycles. The van der Waals surface area contributed by atoms with Gasteiger partial charge in [-0.15, -0.1) is 12.4 Å². The van der Waals surface area contributed by atoms with Crippen molar-refractivity contribution < 1.29 is 9.32 Å². The van der Waals surface area contributed by atoms with E-state index >= 15 is 0 Å². The number of aryl methyl sites for hydroxylation is 1. The van der Waals surface area contributed by atoms with Gasteiger partial charge in [-0.3, -0.25) is 4.79 Å². The number of benzene rings is 1. The third-order valence-corrected chi connectivity index (χ3v) is 2.77. The zero-order chi connectivity index (χ0) is 13.7. The van der Waals surface area contributed by atoms with E-state index in [1.165, 1.54) is 0 Å². The van der Waals surface area contributed by atoms with Crippen LogP contribution in [0.15, 0.2) is 40.9 Å². The molecule has 1 aromatic heterocycles. The van der Waals surface area contributed by atoms with Gasteiger partial charge in [0.15, 0.2) is 0 Å². The number of hydrogen-bond donors (Lipinski definition) is 2. The highest BCUT2D eigenvalue weighted by molar-refractivity contribution is 5.85. The van der Waals surface area contributed by atoms with Crippen LogP contribution in [0.5, 0.6) is 0 Å². The second kappa shape index (κ2) is 7.67. The first kappa shape index (κ1) is 16.2. The summed E-state index contributed by atoms with van der Waals surface area (Å²) in [6, 6.07) is 11.2. The van der Waals surface area contributed by atoms with Crippen LogP contribution in [0.25, 0.3) is 0 Å². The average Bonchev–Trinajstić information content (AvgIpc) is 2.82. The summed E-state index contributed by atoms with van der Waals surface area (Å²) < 4.78 is 4.91. The zero-order valence-electron chi connectivity index (χ0n) is 11.2. The van der Waals surface area contributed by atoms with Crippen LogP contribution in [0.1, 0.15) is 23.1 Å². The summed E-state index contributed by atoms with van der Waals surface area (Å²) in [5.41, 5.74) is 7.62. The van der Waals surface area contributed by atoms with Crippen LogP contribution >= 0.6 is 12.4 Å². The second-order valence-electron chi connectivity index (χ2n) is 4.43. The van der Waals surface area contributed by atoms with Crippen LogP contribution in [0, 0.1) is 6.92 Å². The Bertz CT molecular complexity index is 542. The lowest BCUT2D eigenvalue weighted by Crippen LogP contribution is -2.32. The number of hydrogen-bond acceptors (Lipinski definition) is 4. The number of halogens is 1. The minimum Gasteiger partial charge on any atom is -0.361 e. The Morgan fingerprint density at radius 3 is 2.70 bits per heavy atom. The third kappa shape index (κ3) is 4.68. The van der Waals surface area contributed by atoms with E-state index < -0.39 is 0 Å². The molecule has 0 aliphatic carbocycles. The van der Waals surface area contributed by atoms with Crippen LogP contribution < -0.4 is 11.1 Å². The second-order valence-corrected chi connectivity index (χ2v) is 4.43. The van der Waals surface area contributed by atoms with E-state index in [9.17, 15) is 4.79 Å². The van der Waals surface area contributed by atoms with E-state index in [0.29, 0.717) is 18.0 Å². The number of carbonyl (C=O) groups excluding carboxylic acids is 1. The monoisotopic (exact) mass is 295 g/mol. The standard InChI is InChI=1S/C14H17N3O2.ClH/c1-10-7-12(17-19-10)8-14(18)16-9-13(15)11-5-3-2-4-6-11;/h2-7,13H,8-9,15H2,1H3,(H,16,18);1H. The van der Waals surface area contributed by atoms with Crippen LogP contribution in [0.4, 0.5) is 0 Å². The normalized spacial score (nSPS) is 11.5. The molecule has 1 heterocycles. The van der Waals surface area contributed by atoms with E-state index in [0.717, 1.165) is 5.56 Å². The van der Waals surface area contributed by atoms with Gasteiger partial charge in [-0.2, -0.15) is 0 Å². The molecule has 1 aromatic carbocycles. The number of nitrogens with two attached hydrogens (primary N) is 1. The van der Waals surface area contributed by atoms with Crippen molar-refractivity contribution in [3.05, 3.63) is 53.4 Å². The molecule has 0 saturated carbocycles. The van der Waals surface area contributed by atoms with Gasteiger partial charge < -0.3 is 15.6 Å². The predicted molar refractivity (Wildman–Crippen MR) is 78.6 cm³/mol. The molecule has 20 heavy (non-hydrogen) atoms. The minimum absolute atomic E-state index is 0. The van der Waals surface area contributed by atoms with Gasteiger partial charge in [0.2, 0.25) is 5.91 Å². The maximum Gasteiger partial charge on any atom is 0.226 e. The Hall–Kier alpha value is -1.85. The molecule has 0 spiro atoms. The van der Waals surface area contributed by atoms with Crippen molar-refractivity contribution in [2.24, 2.45) is 5.73 Å². The van der Waals surface area contributed by atoms with Crippen molar-refractivity contribution in [1.29, 1.82) is 0 Å². The lowest BCUT2D eigenvalue weighted by Gasteiger charge is -2.12. The molecule has 0 radical (unpaired) electrons. The fourth-order valence-electron chi connectivity index (χ4n) is 1.77. The van der Waals surface area contributed by atoms with E-state index in [2.05, 4.69) is 10.5 Å². The predicted octanol–water partition coefficient (Wildman–Crippen LogP) is 1.76. The lowest BCUT2D eigenvalue weighted by molar-refractivity contribution is -0.120. The molecule has 108 valence electrons. The van der Waals surface area contributed by atoms with Crippen LogP contribution in [0.2, 0.25) is 0 Å². The number of aromatic nitrogens is 1. The summed E-state index contributed by atoms with van der Waals surface area (Å²) in [6.07, 6.45) is 0.207. The summed E-state index contributed by atoms with van der Waals surface area (Å²) >= 11 is 0. The fraction of sp³-hybridized carbons (Fsp3) is 0.286. The van der Waals surface area contributed by atoms with E-state index in [-0.39, 0.29) is 30.8 Å². The summed E-state index contributed by atoms with van der Waals surface area (Å²) in [6.45, 7) is 2.19. The number of carbonyl (C=O) groups is 1. The van der Waals surface area contributed by atoms with Crippen molar-refractivity contribution in [2.75, 3.05) is 6.54 Å². The quantitative estimate of drug-likeness (QED) is 0.881. The van der Waals surface area contributed by atoms with Crippen molar-refractivity contribution in [3.8, 4) is 0 Å². The van der Waals surface area contributed by atoms with Gasteiger partial charge in [-0.25, -0.2) is 0 Å². The van der Waals surface area contributed by atoms with Gasteiger partial charge in [0.25, 0.3) is 0 Å². The molecule has 2 rings (SSSR count). The topological polar surface area (TPSA) is 81.2 Å². The van der Waals surface area contributed by atoms with E-state index in [4.69, 9.17) is 10.3 Å². The van der Waals surface area contributed by atoms with Crippen molar-refractivity contribution in [1.82, 2.24) is 10.5 Å². The Kier molecular flexibility index (Phi) is 6.21. The molecule has 6 heteroatoms. The summed E-state index contributed by atoms with van der Waals surface area (Å²) in [5, 5.41) is 6.57. The molecule has 1 unspecified atom stereocenters. The van der Waals surface area contributed by atoms with Gasteiger partial charge >= 0.3 is 0 Å². The van der Waals surface area contributed by atoms with Crippen molar-refractivity contribution >= 4 is 18.3 Å². The Morgan fingerprint density at radius 2 is 2.10 bits per heavy atom. The van der Waals surface area contributed by atoms with Gasteiger partial charge in [-0.05, 0) is 12.5 Å². The summed E-state index contributed by atoms with van der Waals surface area (Å²) in [4.78, 5) is 11.7. The summed E-state index contributed by atoms with van der Waals surface area (Å²) in [5.74, 6) is 0.587. The molecule has 1 amide bonds. The van der Waals surface area contributed by atoms with E-state index in [1.54, 1.807) is 13.0 Å². The van der Waals surface area contributed by atoms with Crippen LogP contribution in [0.3, 0.4) is 0 Å². The van der Waals surface area contributed by atoms with Crippen LogP contribution in [-0.4, -0.2) is 17.6 Å².